The van der Waals surface area contributed by atoms with Gasteiger partial charge in [-0.15, -0.1) is 0 Å². The summed E-state index contributed by atoms with van der Waals surface area (Å²) in [6.07, 6.45) is 5.01. The Kier molecular flexibility index (Phi) is 7.15. The lowest BCUT2D eigenvalue weighted by molar-refractivity contribution is -0.131. The molecule has 1 aliphatic heterocycles. The number of piperidine rings is 1. The minimum absolute atomic E-state index is 0.0884. The van der Waals surface area contributed by atoms with E-state index in [0.29, 0.717) is 19.6 Å². The fraction of sp³-hybridized carbons (Fsp3) is 0.333. The van der Waals surface area contributed by atoms with Crippen molar-refractivity contribution in [1.82, 2.24) is 9.88 Å². The maximum Gasteiger partial charge on any atom is 0.227 e. The number of pyridine rings is 1. The number of amides is 1. The van der Waals surface area contributed by atoms with E-state index >= 15 is 0 Å². The van der Waals surface area contributed by atoms with Gasteiger partial charge in [0.15, 0.2) is 0 Å². The van der Waals surface area contributed by atoms with Crippen LogP contribution in [0.2, 0.25) is 0 Å². The Hall–Kier alpha value is -3.21. The predicted octanol–water partition coefficient (Wildman–Crippen LogP) is 5.16. The average molecular weight is 433 g/mol. The second kappa shape index (κ2) is 10.4. The molecule has 1 atom stereocenters. The highest BCUT2D eigenvalue weighted by Crippen LogP contribution is 2.27. The van der Waals surface area contributed by atoms with Crippen LogP contribution in [0.1, 0.15) is 48.1 Å². The molecule has 0 radical (unpaired) electrons. The summed E-state index contributed by atoms with van der Waals surface area (Å²) in [5.74, 6) is 0.966. The second-order valence-electron chi connectivity index (χ2n) is 8.29. The van der Waals surface area contributed by atoms with Gasteiger partial charge in [0.25, 0.3) is 0 Å². The first-order valence-electron chi connectivity index (χ1n) is 11.3. The third-order valence-corrected chi connectivity index (χ3v) is 5.98. The fourth-order valence-electron chi connectivity index (χ4n) is 4.28. The minimum Gasteiger partial charge on any atom is -0.494 e. The lowest BCUT2D eigenvalue weighted by Crippen LogP contribution is -2.40. The molecule has 4 rings (SSSR count). The van der Waals surface area contributed by atoms with Gasteiger partial charge in [0, 0.05) is 37.3 Å². The van der Waals surface area contributed by atoms with Crippen LogP contribution in [0.25, 0.3) is 0 Å². The molecule has 32 heavy (non-hydrogen) atoms. The summed E-state index contributed by atoms with van der Waals surface area (Å²) in [6, 6.07) is 18.5. The van der Waals surface area contributed by atoms with Crippen molar-refractivity contribution >= 4 is 5.91 Å². The Bertz CT molecular complexity index is 1030. The van der Waals surface area contributed by atoms with Crippen LogP contribution < -0.4 is 4.74 Å². The Morgan fingerprint density at radius 2 is 1.88 bits per heavy atom. The molecule has 0 bridgehead atoms. The molecule has 0 saturated carbocycles. The largest absolute Gasteiger partial charge is 0.494 e. The molecule has 3 aromatic rings. The van der Waals surface area contributed by atoms with Gasteiger partial charge in [-0.2, -0.15) is 0 Å². The van der Waals surface area contributed by atoms with Gasteiger partial charge in [-0.3, -0.25) is 9.78 Å². The normalized spacial score (nSPS) is 16.1. The van der Waals surface area contributed by atoms with Gasteiger partial charge in [0.2, 0.25) is 5.91 Å². The van der Waals surface area contributed by atoms with E-state index in [1.807, 2.05) is 36.2 Å². The zero-order valence-electron chi connectivity index (χ0n) is 18.5. The Morgan fingerprint density at radius 1 is 1.09 bits per heavy atom. The molecule has 1 aliphatic rings. The molecular formula is C27H29FN2O2. The Labute approximate surface area is 189 Å². The molecule has 5 heteroatoms. The number of hydrogen-bond acceptors (Lipinski definition) is 3. The summed E-state index contributed by atoms with van der Waals surface area (Å²) >= 11 is 0. The number of halogens is 1. The van der Waals surface area contributed by atoms with Crippen LogP contribution in [0.3, 0.4) is 0 Å². The van der Waals surface area contributed by atoms with Gasteiger partial charge < -0.3 is 9.64 Å². The zero-order chi connectivity index (χ0) is 22.3. The molecule has 4 nitrogen and oxygen atoms in total. The van der Waals surface area contributed by atoms with Crippen LogP contribution in [0, 0.1) is 5.82 Å². The maximum absolute atomic E-state index is 13.1. The second-order valence-corrected chi connectivity index (χ2v) is 8.29. The number of aromatic nitrogens is 1. The van der Waals surface area contributed by atoms with Crippen molar-refractivity contribution in [2.24, 2.45) is 0 Å². The van der Waals surface area contributed by atoms with Crippen molar-refractivity contribution in [2.45, 2.75) is 38.5 Å². The number of carbonyl (C=O) groups is 1. The molecular weight excluding hydrogens is 403 g/mol. The fourth-order valence-corrected chi connectivity index (χ4v) is 4.28. The van der Waals surface area contributed by atoms with E-state index < -0.39 is 0 Å². The van der Waals surface area contributed by atoms with Gasteiger partial charge in [-0.05, 0) is 60.7 Å². The van der Waals surface area contributed by atoms with E-state index in [9.17, 15) is 9.18 Å². The predicted molar refractivity (Wildman–Crippen MR) is 123 cm³/mol. The topological polar surface area (TPSA) is 42.4 Å². The molecule has 166 valence electrons. The molecule has 1 saturated heterocycles. The van der Waals surface area contributed by atoms with E-state index in [-0.39, 0.29) is 17.6 Å². The van der Waals surface area contributed by atoms with Gasteiger partial charge in [-0.1, -0.05) is 36.4 Å². The first kappa shape index (κ1) is 22.0. The number of ether oxygens (including phenoxy) is 1. The van der Waals surface area contributed by atoms with Crippen molar-refractivity contribution in [3.63, 3.8) is 0 Å². The number of hydrogen-bond donors (Lipinski definition) is 0. The van der Waals surface area contributed by atoms with Crippen molar-refractivity contribution < 1.29 is 13.9 Å². The SMILES string of the molecule is CCOc1ccccc1Cc1ccc([C@H]2CCCN(C(=O)Cc3ccc(F)cc3)C2)nc1. The molecule has 2 aromatic carbocycles. The number of para-hydroxylation sites is 1. The number of nitrogens with zero attached hydrogens (tertiary/aromatic N) is 2. The van der Waals surface area contributed by atoms with Crippen LogP contribution in [0.15, 0.2) is 66.9 Å². The summed E-state index contributed by atoms with van der Waals surface area (Å²) in [4.78, 5) is 19.4. The first-order chi connectivity index (χ1) is 15.6. The van der Waals surface area contributed by atoms with Crippen molar-refractivity contribution in [3.8, 4) is 5.75 Å². The summed E-state index contributed by atoms with van der Waals surface area (Å²) in [6.45, 7) is 4.08. The van der Waals surface area contributed by atoms with E-state index in [4.69, 9.17) is 9.72 Å². The highest BCUT2D eigenvalue weighted by Gasteiger charge is 2.25. The van der Waals surface area contributed by atoms with Crippen molar-refractivity contribution in [1.29, 1.82) is 0 Å². The average Bonchev–Trinajstić information content (AvgIpc) is 2.82. The quantitative estimate of drug-likeness (QED) is 0.518. The van der Waals surface area contributed by atoms with Gasteiger partial charge >= 0.3 is 0 Å². The van der Waals surface area contributed by atoms with Crippen LogP contribution in [0.4, 0.5) is 4.39 Å². The molecule has 1 fully saturated rings. The monoisotopic (exact) mass is 432 g/mol. The van der Waals surface area contributed by atoms with E-state index in [2.05, 4.69) is 18.2 Å². The Balaban J connectivity index is 1.38. The lowest BCUT2D eigenvalue weighted by Gasteiger charge is -2.32. The third kappa shape index (κ3) is 5.52. The number of carbonyl (C=O) groups excluding carboxylic acids is 1. The van der Waals surface area contributed by atoms with E-state index in [1.165, 1.54) is 12.1 Å². The smallest absolute Gasteiger partial charge is 0.227 e. The standard InChI is InChI=1S/C27H29FN2O2/c1-2-32-26-8-4-3-6-22(26)16-21-11-14-25(29-18-21)23-7-5-15-30(19-23)27(31)17-20-9-12-24(28)13-10-20/h3-4,6,8-14,18,23H,2,5,7,15-17,19H2,1H3/t23-/m0/s1. The van der Waals surface area contributed by atoms with Crippen LogP contribution in [-0.4, -0.2) is 35.5 Å². The Morgan fingerprint density at radius 3 is 2.62 bits per heavy atom. The molecule has 0 unspecified atom stereocenters. The van der Waals surface area contributed by atoms with Gasteiger partial charge in [0.05, 0.1) is 13.0 Å². The van der Waals surface area contributed by atoms with Gasteiger partial charge in [-0.25, -0.2) is 4.39 Å². The summed E-state index contributed by atoms with van der Waals surface area (Å²) in [5.41, 5.74) is 4.17. The molecule has 1 aromatic heterocycles. The lowest BCUT2D eigenvalue weighted by atomic mass is 9.93. The van der Waals surface area contributed by atoms with Crippen molar-refractivity contribution in [2.75, 3.05) is 19.7 Å². The molecule has 0 spiro atoms. The van der Waals surface area contributed by atoms with Crippen molar-refractivity contribution in [3.05, 3.63) is 95.1 Å². The maximum atomic E-state index is 13.1. The number of rotatable bonds is 7. The zero-order valence-corrected chi connectivity index (χ0v) is 18.5. The number of likely N-dealkylation sites (tertiary alicyclic amines) is 1. The van der Waals surface area contributed by atoms with Crippen LogP contribution >= 0.6 is 0 Å². The van der Waals surface area contributed by atoms with Crippen LogP contribution in [0.5, 0.6) is 5.75 Å². The van der Waals surface area contributed by atoms with E-state index in [0.717, 1.165) is 53.9 Å². The van der Waals surface area contributed by atoms with E-state index in [1.54, 1.807) is 12.1 Å². The number of benzene rings is 2. The third-order valence-electron chi connectivity index (χ3n) is 5.98. The van der Waals surface area contributed by atoms with Crippen LogP contribution in [-0.2, 0) is 17.6 Å². The summed E-state index contributed by atoms with van der Waals surface area (Å²) in [7, 11) is 0. The van der Waals surface area contributed by atoms with Gasteiger partial charge in [0.1, 0.15) is 11.6 Å². The molecule has 1 amide bonds. The molecule has 2 heterocycles. The highest BCUT2D eigenvalue weighted by molar-refractivity contribution is 5.79. The first-order valence-corrected chi connectivity index (χ1v) is 11.3. The molecule has 0 aliphatic carbocycles. The highest BCUT2D eigenvalue weighted by atomic mass is 19.1. The minimum atomic E-state index is -0.282. The summed E-state index contributed by atoms with van der Waals surface area (Å²) < 4.78 is 18.8. The summed E-state index contributed by atoms with van der Waals surface area (Å²) in [5, 5.41) is 0. The molecule has 0 N–H and O–H groups in total.